The molecule has 3 rings (SSSR count). The average molecular weight is 329 g/mol. The minimum absolute atomic E-state index is 0.0805. The standard InChI is InChI=1S/C16H13ClN4O2/c17-15-13(10-20-21-16(15)22)18-8-11-6-7-14(19-9-11)23-12-4-2-1-3-5-12/h1-7,9-10H,8H2,(H2,18,21,22). The van der Waals surface area contributed by atoms with E-state index in [1.54, 1.807) is 12.3 Å². The molecule has 0 aliphatic rings. The van der Waals surface area contributed by atoms with Crippen LogP contribution >= 0.6 is 11.6 Å². The molecular formula is C16H13ClN4O2. The highest BCUT2D eigenvalue weighted by Gasteiger charge is 2.05. The van der Waals surface area contributed by atoms with Gasteiger partial charge >= 0.3 is 0 Å². The van der Waals surface area contributed by atoms with Gasteiger partial charge in [-0.05, 0) is 17.7 Å². The summed E-state index contributed by atoms with van der Waals surface area (Å²) in [5, 5.41) is 9.09. The highest BCUT2D eigenvalue weighted by atomic mass is 35.5. The van der Waals surface area contributed by atoms with Gasteiger partial charge in [-0.15, -0.1) is 0 Å². The Labute approximate surface area is 137 Å². The van der Waals surface area contributed by atoms with E-state index in [-0.39, 0.29) is 5.02 Å². The van der Waals surface area contributed by atoms with Crippen LogP contribution in [-0.4, -0.2) is 15.2 Å². The molecule has 2 aromatic heterocycles. The monoisotopic (exact) mass is 328 g/mol. The Balaban J connectivity index is 1.63. The van der Waals surface area contributed by atoms with Crippen LogP contribution in [0.25, 0.3) is 0 Å². The number of rotatable bonds is 5. The van der Waals surface area contributed by atoms with E-state index in [1.165, 1.54) is 6.20 Å². The summed E-state index contributed by atoms with van der Waals surface area (Å²) in [6.45, 7) is 0.462. The first-order chi connectivity index (χ1) is 11.2. The summed E-state index contributed by atoms with van der Waals surface area (Å²) in [6.07, 6.45) is 3.16. The Morgan fingerprint density at radius 2 is 1.96 bits per heavy atom. The normalized spacial score (nSPS) is 10.3. The van der Waals surface area contributed by atoms with Crippen molar-refractivity contribution in [2.24, 2.45) is 0 Å². The zero-order valence-corrected chi connectivity index (χ0v) is 12.7. The Hall–Kier alpha value is -2.86. The van der Waals surface area contributed by atoms with Gasteiger partial charge in [-0.25, -0.2) is 10.1 Å². The number of aromatic amines is 1. The summed E-state index contributed by atoms with van der Waals surface area (Å²) in [4.78, 5) is 15.6. The van der Waals surface area contributed by atoms with Gasteiger partial charge in [-0.2, -0.15) is 5.10 Å². The molecule has 0 saturated heterocycles. The van der Waals surface area contributed by atoms with Crippen LogP contribution in [0.15, 0.2) is 59.7 Å². The smallest absolute Gasteiger partial charge is 0.285 e. The first-order valence-corrected chi connectivity index (χ1v) is 7.25. The lowest BCUT2D eigenvalue weighted by Gasteiger charge is -2.08. The molecule has 23 heavy (non-hydrogen) atoms. The van der Waals surface area contributed by atoms with Crippen molar-refractivity contribution in [1.82, 2.24) is 15.2 Å². The number of H-pyrrole nitrogens is 1. The third-order valence-corrected chi connectivity index (χ3v) is 3.42. The molecule has 0 atom stereocenters. The molecule has 2 N–H and O–H groups in total. The number of ether oxygens (including phenoxy) is 1. The number of hydrogen-bond donors (Lipinski definition) is 2. The Morgan fingerprint density at radius 1 is 1.13 bits per heavy atom. The number of nitrogens with one attached hydrogen (secondary N) is 2. The summed E-state index contributed by atoms with van der Waals surface area (Å²) in [5.74, 6) is 1.24. The van der Waals surface area contributed by atoms with Crippen LogP contribution in [0.5, 0.6) is 11.6 Å². The second-order valence-electron chi connectivity index (χ2n) is 4.70. The van der Waals surface area contributed by atoms with Crippen molar-refractivity contribution in [2.75, 3.05) is 5.32 Å². The van der Waals surface area contributed by atoms with E-state index >= 15 is 0 Å². The minimum Gasteiger partial charge on any atom is -0.439 e. The molecule has 0 aliphatic heterocycles. The van der Waals surface area contributed by atoms with Crippen LogP contribution in [0.2, 0.25) is 5.02 Å². The van der Waals surface area contributed by atoms with Crippen LogP contribution in [0.3, 0.4) is 0 Å². The molecule has 7 heteroatoms. The Morgan fingerprint density at radius 3 is 2.70 bits per heavy atom. The van der Waals surface area contributed by atoms with Crippen LogP contribution in [-0.2, 0) is 6.54 Å². The summed E-state index contributed by atoms with van der Waals surface area (Å²) in [6, 6.07) is 13.1. The van der Waals surface area contributed by atoms with Gasteiger partial charge in [0.25, 0.3) is 5.56 Å². The van der Waals surface area contributed by atoms with Crippen molar-refractivity contribution in [3.8, 4) is 11.6 Å². The van der Waals surface area contributed by atoms with E-state index in [9.17, 15) is 4.79 Å². The predicted molar refractivity (Wildman–Crippen MR) is 87.9 cm³/mol. The van der Waals surface area contributed by atoms with Gasteiger partial charge in [0.1, 0.15) is 10.8 Å². The molecule has 0 fully saturated rings. The zero-order chi connectivity index (χ0) is 16.1. The van der Waals surface area contributed by atoms with Gasteiger partial charge in [0, 0.05) is 18.8 Å². The lowest BCUT2D eigenvalue weighted by Crippen LogP contribution is -2.11. The zero-order valence-electron chi connectivity index (χ0n) is 12.0. The highest BCUT2D eigenvalue weighted by Crippen LogP contribution is 2.19. The molecule has 1 aromatic carbocycles. The molecule has 0 saturated carbocycles. The van der Waals surface area contributed by atoms with E-state index in [1.807, 2.05) is 36.4 Å². The highest BCUT2D eigenvalue weighted by molar-refractivity contribution is 6.32. The largest absolute Gasteiger partial charge is 0.439 e. The molecule has 2 heterocycles. The Kier molecular flexibility index (Phi) is 4.54. The number of halogens is 1. The van der Waals surface area contributed by atoms with Crippen molar-refractivity contribution < 1.29 is 4.74 Å². The molecule has 0 radical (unpaired) electrons. The number of pyridine rings is 1. The van der Waals surface area contributed by atoms with Crippen LogP contribution < -0.4 is 15.6 Å². The van der Waals surface area contributed by atoms with Gasteiger partial charge in [-0.1, -0.05) is 35.9 Å². The molecule has 0 bridgehead atoms. The maximum atomic E-state index is 11.4. The van der Waals surface area contributed by atoms with Gasteiger partial charge in [-0.3, -0.25) is 4.79 Å². The van der Waals surface area contributed by atoms with Crippen LogP contribution in [0.1, 0.15) is 5.56 Å². The molecule has 6 nitrogen and oxygen atoms in total. The number of benzene rings is 1. The van der Waals surface area contributed by atoms with E-state index in [4.69, 9.17) is 16.3 Å². The average Bonchev–Trinajstić information content (AvgIpc) is 2.58. The van der Waals surface area contributed by atoms with Crippen LogP contribution in [0.4, 0.5) is 5.69 Å². The van der Waals surface area contributed by atoms with E-state index in [0.29, 0.717) is 18.1 Å². The fourth-order valence-corrected chi connectivity index (χ4v) is 2.05. The number of para-hydroxylation sites is 1. The quantitative estimate of drug-likeness (QED) is 0.751. The lowest BCUT2D eigenvalue weighted by molar-refractivity contribution is 0.462. The fraction of sp³-hybridized carbons (Fsp3) is 0.0625. The van der Waals surface area contributed by atoms with Crippen molar-refractivity contribution in [3.05, 3.63) is 75.8 Å². The maximum Gasteiger partial charge on any atom is 0.285 e. The number of aromatic nitrogens is 3. The summed E-state index contributed by atoms with van der Waals surface area (Å²) in [7, 11) is 0. The topological polar surface area (TPSA) is 79.9 Å². The molecular weight excluding hydrogens is 316 g/mol. The van der Waals surface area contributed by atoms with Crippen LogP contribution in [0, 0.1) is 0 Å². The Bertz CT molecular complexity index is 835. The van der Waals surface area contributed by atoms with E-state index < -0.39 is 5.56 Å². The van der Waals surface area contributed by atoms with Crippen molar-refractivity contribution in [2.45, 2.75) is 6.54 Å². The molecule has 0 amide bonds. The van der Waals surface area contributed by atoms with Crippen molar-refractivity contribution in [1.29, 1.82) is 0 Å². The van der Waals surface area contributed by atoms with Gasteiger partial charge in [0.05, 0.1) is 11.9 Å². The van der Waals surface area contributed by atoms with Crippen molar-refractivity contribution in [3.63, 3.8) is 0 Å². The second-order valence-corrected chi connectivity index (χ2v) is 5.08. The second kappa shape index (κ2) is 6.93. The number of nitrogens with zero attached hydrogens (tertiary/aromatic N) is 2. The molecule has 0 spiro atoms. The third-order valence-electron chi connectivity index (χ3n) is 3.04. The molecule has 0 unspecified atom stereocenters. The van der Waals surface area contributed by atoms with Crippen molar-refractivity contribution >= 4 is 17.3 Å². The minimum atomic E-state index is -0.429. The lowest BCUT2D eigenvalue weighted by atomic mass is 10.3. The third kappa shape index (κ3) is 3.87. The molecule has 0 aliphatic carbocycles. The molecule has 116 valence electrons. The van der Waals surface area contributed by atoms with Gasteiger partial charge in [0.15, 0.2) is 0 Å². The first kappa shape index (κ1) is 15.1. The SMILES string of the molecule is O=c1[nH]ncc(NCc2ccc(Oc3ccccc3)nc2)c1Cl. The van der Waals surface area contributed by atoms with Gasteiger partial charge < -0.3 is 10.1 Å². The van der Waals surface area contributed by atoms with Gasteiger partial charge in [0.2, 0.25) is 5.88 Å². The first-order valence-electron chi connectivity index (χ1n) is 6.87. The maximum absolute atomic E-state index is 11.4. The number of hydrogen-bond acceptors (Lipinski definition) is 5. The summed E-state index contributed by atoms with van der Waals surface area (Å²) < 4.78 is 5.62. The van der Waals surface area contributed by atoms with E-state index in [0.717, 1.165) is 11.3 Å². The summed E-state index contributed by atoms with van der Waals surface area (Å²) >= 11 is 5.89. The molecule has 3 aromatic rings. The fourth-order valence-electron chi connectivity index (χ4n) is 1.89. The number of anilines is 1. The predicted octanol–water partition coefficient (Wildman–Crippen LogP) is 3.22. The summed E-state index contributed by atoms with van der Waals surface area (Å²) in [5.41, 5.74) is 0.961. The van der Waals surface area contributed by atoms with E-state index in [2.05, 4.69) is 20.5 Å².